The number of likely N-dealkylation sites (N-methyl/N-ethyl adjacent to an activating group) is 1. The van der Waals surface area contributed by atoms with Gasteiger partial charge in [0.1, 0.15) is 11.9 Å². The second kappa shape index (κ2) is 8.05. The second-order valence-corrected chi connectivity index (χ2v) is 9.15. The fraction of sp³-hybridized carbons (Fsp3) is 0.550. The van der Waals surface area contributed by atoms with E-state index in [-0.39, 0.29) is 11.8 Å². The van der Waals surface area contributed by atoms with Crippen molar-refractivity contribution in [3.8, 4) is 11.4 Å². The van der Waals surface area contributed by atoms with Gasteiger partial charge in [-0.2, -0.15) is 11.3 Å². The first-order chi connectivity index (χ1) is 13.2. The Morgan fingerprint density at radius 2 is 2.04 bits per heavy atom. The monoisotopic (exact) mass is 403 g/mol. The standard InChI is InChI=1S/C20H29N5O2S/c1-20(2,3)16(19(27)21-4)23-18(26)15-14-11-24(5)8-6-9-25(14)17(22-15)13-7-10-28-12-13/h7,10,12,16H,6,8-9,11H2,1-5H3,(H,21,27)(H,23,26)/t16-/m1/s1. The molecule has 2 amide bonds. The van der Waals surface area contributed by atoms with Gasteiger partial charge in [0.2, 0.25) is 5.91 Å². The summed E-state index contributed by atoms with van der Waals surface area (Å²) in [5.41, 5.74) is 1.92. The van der Waals surface area contributed by atoms with Crippen molar-refractivity contribution < 1.29 is 9.59 Å². The van der Waals surface area contributed by atoms with Crippen LogP contribution in [-0.4, -0.2) is 52.9 Å². The third-order valence-corrected chi connectivity index (χ3v) is 5.74. The Morgan fingerprint density at radius 3 is 2.64 bits per heavy atom. The van der Waals surface area contributed by atoms with Gasteiger partial charge in [-0.15, -0.1) is 0 Å². The summed E-state index contributed by atoms with van der Waals surface area (Å²) in [6.45, 7) is 8.25. The van der Waals surface area contributed by atoms with Crippen molar-refractivity contribution in [3.63, 3.8) is 0 Å². The molecule has 8 heteroatoms. The Hall–Kier alpha value is -2.19. The van der Waals surface area contributed by atoms with Crippen LogP contribution in [0.1, 0.15) is 43.4 Å². The predicted octanol–water partition coefficient (Wildman–Crippen LogP) is 2.34. The van der Waals surface area contributed by atoms with Crippen molar-refractivity contribution >= 4 is 23.2 Å². The lowest BCUT2D eigenvalue weighted by Gasteiger charge is -2.29. The second-order valence-electron chi connectivity index (χ2n) is 8.37. The van der Waals surface area contributed by atoms with Gasteiger partial charge in [-0.1, -0.05) is 20.8 Å². The van der Waals surface area contributed by atoms with E-state index in [1.54, 1.807) is 18.4 Å². The molecule has 1 atom stereocenters. The van der Waals surface area contributed by atoms with Crippen molar-refractivity contribution in [1.29, 1.82) is 0 Å². The molecular formula is C20H29N5O2S. The summed E-state index contributed by atoms with van der Waals surface area (Å²) < 4.78 is 2.16. The summed E-state index contributed by atoms with van der Waals surface area (Å²) in [7, 11) is 3.64. The van der Waals surface area contributed by atoms with E-state index < -0.39 is 11.5 Å². The smallest absolute Gasteiger partial charge is 0.272 e. The fourth-order valence-corrected chi connectivity index (χ4v) is 4.17. The largest absolute Gasteiger partial charge is 0.357 e. The predicted molar refractivity (Wildman–Crippen MR) is 111 cm³/mol. The van der Waals surface area contributed by atoms with Crippen molar-refractivity contribution in [1.82, 2.24) is 25.1 Å². The molecule has 0 aromatic carbocycles. The molecule has 0 spiro atoms. The number of hydrogen-bond acceptors (Lipinski definition) is 5. The number of aromatic nitrogens is 2. The topological polar surface area (TPSA) is 79.3 Å². The summed E-state index contributed by atoms with van der Waals surface area (Å²) in [5, 5.41) is 9.64. The Kier molecular flexibility index (Phi) is 5.90. The maximum Gasteiger partial charge on any atom is 0.272 e. The minimum atomic E-state index is -0.643. The lowest BCUT2D eigenvalue weighted by Crippen LogP contribution is -2.53. The van der Waals surface area contributed by atoms with E-state index in [4.69, 9.17) is 4.98 Å². The van der Waals surface area contributed by atoms with E-state index in [0.717, 1.165) is 36.6 Å². The zero-order valence-corrected chi connectivity index (χ0v) is 18.0. The Labute approximate surface area is 170 Å². The number of nitrogens with zero attached hydrogens (tertiary/aromatic N) is 3. The molecule has 0 radical (unpaired) electrons. The number of fused-ring (bicyclic) bond motifs is 1. The quantitative estimate of drug-likeness (QED) is 0.821. The molecule has 1 aliphatic rings. The average Bonchev–Trinajstić information content (AvgIpc) is 3.22. The lowest BCUT2D eigenvalue weighted by atomic mass is 9.86. The van der Waals surface area contributed by atoms with Crippen molar-refractivity contribution in [2.24, 2.45) is 5.41 Å². The van der Waals surface area contributed by atoms with E-state index in [0.29, 0.717) is 12.2 Å². The zero-order chi connectivity index (χ0) is 20.5. The highest BCUT2D eigenvalue weighted by molar-refractivity contribution is 7.08. The van der Waals surface area contributed by atoms with Crippen LogP contribution in [0.15, 0.2) is 16.8 Å². The molecule has 0 aliphatic carbocycles. The molecule has 0 unspecified atom stereocenters. The van der Waals surface area contributed by atoms with Crippen LogP contribution in [-0.2, 0) is 17.9 Å². The Balaban J connectivity index is 2.01. The SMILES string of the molecule is CNC(=O)[C@@H](NC(=O)c1nc(-c2ccsc2)n2c1CN(C)CCC2)C(C)(C)C. The van der Waals surface area contributed by atoms with Gasteiger partial charge >= 0.3 is 0 Å². The molecule has 152 valence electrons. The highest BCUT2D eigenvalue weighted by Gasteiger charge is 2.34. The first-order valence-electron chi connectivity index (χ1n) is 9.55. The summed E-state index contributed by atoms with van der Waals surface area (Å²) in [5.74, 6) is 0.314. The summed E-state index contributed by atoms with van der Waals surface area (Å²) in [4.78, 5) is 32.5. The van der Waals surface area contributed by atoms with Crippen LogP contribution in [0.4, 0.5) is 0 Å². The van der Waals surface area contributed by atoms with E-state index in [1.807, 2.05) is 37.6 Å². The van der Waals surface area contributed by atoms with E-state index in [1.165, 1.54) is 0 Å². The van der Waals surface area contributed by atoms with Gasteiger partial charge in [-0.05, 0) is 36.9 Å². The van der Waals surface area contributed by atoms with Crippen molar-refractivity contribution in [3.05, 3.63) is 28.2 Å². The van der Waals surface area contributed by atoms with Gasteiger partial charge in [0, 0.05) is 31.1 Å². The van der Waals surface area contributed by atoms with Crippen LogP contribution in [0.5, 0.6) is 0 Å². The first kappa shape index (κ1) is 20.5. The highest BCUT2D eigenvalue weighted by atomic mass is 32.1. The summed E-state index contributed by atoms with van der Waals surface area (Å²) in [6.07, 6.45) is 1.00. The molecule has 0 saturated heterocycles. The molecular weight excluding hydrogens is 374 g/mol. The van der Waals surface area contributed by atoms with Gasteiger partial charge in [0.15, 0.2) is 5.69 Å². The number of thiophene rings is 1. The molecule has 0 bridgehead atoms. The molecule has 0 saturated carbocycles. The number of rotatable bonds is 4. The number of hydrogen-bond donors (Lipinski definition) is 2. The van der Waals surface area contributed by atoms with E-state index in [2.05, 4.69) is 27.1 Å². The minimum absolute atomic E-state index is 0.207. The molecule has 2 N–H and O–H groups in total. The zero-order valence-electron chi connectivity index (χ0n) is 17.2. The van der Waals surface area contributed by atoms with Gasteiger partial charge in [0.05, 0.1) is 5.69 Å². The molecule has 7 nitrogen and oxygen atoms in total. The average molecular weight is 404 g/mol. The van der Waals surface area contributed by atoms with Crippen LogP contribution in [0.3, 0.4) is 0 Å². The van der Waals surface area contributed by atoms with Gasteiger partial charge in [-0.25, -0.2) is 4.98 Å². The van der Waals surface area contributed by atoms with Gasteiger partial charge in [-0.3, -0.25) is 9.59 Å². The maximum absolute atomic E-state index is 13.2. The normalized spacial score (nSPS) is 16.2. The molecule has 2 aromatic rings. The highest BCUT2D eigenvalue weighted by Crippen LogP contribution is 2.28. The summed E-state index contributed by atoms with van der Waals surface area (Å²) >= 11 is 1.61. The maximum atomic E-state index is 13.2. The minimum Gasteiger partial charge on any atom is -0.357 e. The summed E-state index contributed by atoms with van der Waals surface area (Å²) in [6, 6.07) is 1.38. The van der Waals surface area contributed by atoms with E-state index in [9.17, 15) is 9.59 Å². The molecule has 0 fully saturated rings. The third kappa shape index (κ3) is 4.12. The first-order valence-corrected chi connectivity index (χ1v) is 10.5. The number of imidazole rings is 1. The fourth-order valence-electron chi connectivity index (χ4n) is 3.53. The van der Waals surface area contributed by atoms with Crippen LogP contribution >= 0.6 is 11.3 Å². The van der Waals surface area contributed by atoms with Gasteiger partial charge < -0.3 is 20.1 Å². The van der Waals surface area contributed by atoms with Crippen LogP contribution in [0.2, 0.25) is 0 Å². The van der Waals surface area contributed by atoms with Crippen molar-refractivity contribution in [2.75, 3.05) is 20.6 Å². The Morgan fingerprint density at radius 1 is 1.29 bits per heavy atom. The van der Waals surface area contributed by atoms with Crippen LogP contribution < -0.4 is 10.6 Å². The Bertz CT molecular complexity index is 851. The van der Waals surface area contributed by atoms with E-state index >= 15 is 0 Å². The molecule has 3 rings (SSSR count). The molecule has 28 heavy (non-hydrogen) atoms. The van der Waals surface area contributed by atoms with Crippen molar-refractivity contribution in [2.45, 2.75) is 46.3 Å². The number of carbonyl (C=O) groups excluding carboxylic acids is 2. The van der Waals surface area contributed by atoms with Gasteiger partial charge in [0.25, 0.3) is 5.91 Å². The number of amides is 2. The van der Waals surface area contributed by atoms with Crippen LogP contribution in [0.25, 0.3) is 11.4 Å². The number of carbonyl (C=O) groups is 2. The molecule has 3 heterocycles. The lowest BCUT2D eigenvalue weighted by molar-refractivity contribution is -0.124. The van der Waals surface area contributed by atoms with Crippen LogP contribution in [0, 0.1) is 5.41 Å². The number of nitrogens with one attached hydrogen (secondary N) is 2. The molecule has 2 aromatic heterocycles. The third-order valence-electron chi connectivity index (χ3n) is 5.06. The molecule has 1 aliphatic heterocycles.